The van der Waals surface area contributed by atoms with E-state index < -0.39 is 6.89 Å². The Bertz CT molecular complexity index is 2170. The maximum Gasteiger partial charge on any atom is 0.187 e. The minimum absolute atomic E-state index is 0.0000298. The highest BCUT2D eigenvalue weighted by Crippen LogP contribution is 2.49. The van der Waals surface area contributed by atoms with Crippen LogP contribution in [0, 0.1) is 6.92 Å². The summed E-state index contributed by atoms with van der Waals surface area (Å²) in [5.41, 5.74) is 6.53. The molecule has 7 aromatic rings. The Labute approximate surface area is 308 Å². The van der Waals surface area contributed by atoms with Crippen LogP contribution in [0.1, 0.15) is 27.8 Å². The normalized spacial score (nSPS) is 11.3. The van der Waals surface area contributed by atoms with Gasteiger partial charge in [-0.3, -0.25) is 4.79 Å². The molecule has 0 spiro atoms. The molecule has 2 nitrogen and oxygen atoms in total. The van der Waals surface area contributed by atoms with Crippen LogP contribution in [0.4, 0.5) is 5.69 Å². The summed E-state index contributed by atoms with van der Waals surface area (Å²) in [7, 11) is 0. The molecule has 0 unspecified atom stereocenters. The van der Waals surface area contributed by atoms with E-state index in [0.29, 0.717) is 13.1 Å². The molecule has 0 atom stereocenters. The number of hydrogen-bond acceptors (Lipinski definition) is 2. The van der Waals surface area contributed by atoms with Gasteiger partial charge >= 0.3 is 0 Å². The number of para-hydroxylation sites is 1. The zero-order valence-corrected chi connectivity index (χ0v) is 30.3. The van der Waals surface area contributed by atoms with Gasteiger partial charge in [-0.2, -0.15) is 0 Å². The van der Waals surface area contributed by atoms with Crippen molar-refractivity contribution in [1.29, 1.82) is 0 Å². The third kappa shape index (κ3) is 7.40. The van der Waals surface area contributed by atoms with Crippen LogP contribution in [0.15, 0.2) is 206 Å². The standard InChI is InChI=1S/C49H42NOP/c1-39-21-17-18-26-42(39)35-36-48(51)49(52(43-27-11-4-12-28-43,44-29-13-5-14-30-44)45-31-15-6-16-32-45)46-33-19-20-34-47(46)50(37-40-22-7-2-8-23-40)38-41-24-9-3-10-25-41/h2-36H,37-38H2,1H3/b36-35+. The first-order valence-corrected chi connectivity index (χ1v) is 19.6. The molecule has 0 heterocycles. The Kier molecular flexibility index (Phi) is 10.9. The predicted octanol–water partition coefficient (Wildman–Crippen LogP) is 10.00. The van der Waals surface area contributed by atoms with Crippen molar-refractivity contribution in [2.75, 3.05) is 4.90 Å². The number of allylic oxidation sites excluding steroid dienone is 1. The van der Waals surface area contributed by atoms with Crippen LogP contribution in [0.25, 0.3) is 6.08 Å². The lowest BCUT2D eigenvalue weighted by molar-refractivity contribution is -0.108. The molecule has 0 aliphatic carbocycles. The van der Waals surface area contributed by atoms with E-state index in [1.165, 1.54) is 11.1 Å². The van der Waals surface area contributed by atoms with E-state index in [-0.39, 0.29) is 5.78 Å². The van der Waals surface area contributed by atoms with Gasteiger partial charge in [0.25, 0.3) is 0 Å². The second-order valence-corrected chi connectivity index (χ2v) is 16.3. The van der Waals surface area contributed by atoms with Crippen LogP contribution in [-0.2, 0) is 17.9 Å². The molecule has 7 rings (SSSR count). The summed E-state index contributed by atoms with van der Waals surface area (Å²) in [6.07, 6.45) is 3.79. The molecule has 7 aromatic carbocycles. The third-order valence-corrected chi connectivity index (χ3v) is 13.9. The number of rotatable bonds is 12. The minimum Gasteiger partial charge on any atom is -0.362 e. The topological polar surface area (TPSA) is 20.3 Å². The first-order valence-electron chi connectivity index (χ1n) is 17.8. The van der Waals surface area contributed by atoms with Crippen molar-refractivity contribution in [3.63, 3.8) is 0 Å². The average molecular weight is 692 g/mol. The van der Waals surface area contributed by atoms with Crippen LogP contribution in [0.5, 0.6) is 0 Å². The van der Waals surface area contributed by atoms with E-state index in [1.807, 2.05) is 18.2 Å². The van der Waals surface area contributed by atoms with Gasteiger partial charge in [0.1, 0.15) is 0 Å². The summed E-state index contributed by atoms with van der Waals surface area (Å²) in [5.74, 6) is -0.0000298. The number of aryl methyl sites for hydroxylation is 1. The first kappa shape index (κ1) is 34.5. The summed E-state index contributed by atoms with van der Waals surface area (Å²) in [6, 6.07) is 70.0. The fourth-order valence-corrected chi connectivity index (χ4v) is 11.6. The van der Waals surface area contributed by atoms with Gasteiger partial charge in [0.05, 0.1) is 0 Å². The van der Waals surface area contributed by atoms with Crippen LogP contribution in [-0.4, -0.2) is 11.1 Å². The first-order chi connectivity index (χ1) is 25.6. The number of carbonyl (C=O) groups is 1. The molecule has 0 saturated carbocycles. The van der Waals surface area contributed by atoms with E-state index in [2.05, 4.69) is 200 Å². The van der Waals surface area contributed by atoms with E-state index in [0.717, 1.165) is 43.6 Å². The van der Waals surface area contributed by atoms with Gasteiger partial charge in [0.15, 0.2) is 5.78 Å². The molecule has 0 aliphatic heterocycles. The lowest BCUT2D eigenvalue weighted by Crippen LogP contribution is -2.35. The SMILES string of the molecule is Cc1ccccc1/C=C/C(=O)C(c1ccccc1N(Cc1ccccc1)Cc1ccccc1)=P(c1ccccc1)(c1ccccc1)c1ccccc1. The second-order valence-electron chi connectivity index (χ2n) is 12.9. The van der Waals surface area contributed by atoms with Crippen molar-refractivity contribution in [2.24, 2.45) is 0 Å². The van der Waals surface area contributed by atoms with Gasteiger partial charge in [-0.15, -0.1) is 0 Å². The predicted molar refractivity (Wildman–Crippen MR) is 224 cm³/mol. The molecular formula is C49H42NOP. The maximum atomic E-state index is 15.6. The van der Waals surface area contributed by atoms with Crippen LogP contribution >= 0.6 is 6.89 Å². The van der Waals surface area contributed by atoms with E-state index in [4.69, 9.17) is 0 Å². The zero-order chi connectivity index (χ0) is 35.6. The molecule has 52 heavy (non-hydrogen) atoms. The second kappa shape index (κ2) is 16.4. The zero-order valence-electron chi connectivity index (χ0n) is 29.4. The Morgan fingerprint density at radius 1 is 0.500 bits per heavy atom. The van der Waals surface area contributed by atoms with Crippen molar-refractivity contribution in [2.45, 2.75) is 20.0 Å². The van der Waals surface area contributed by atoms with E-state index >= 15 is 4.79 Å². The number of ketones is 1. The summed E-state index contributed by atoms with van der Waals surface area (Å²) in [5, 5.41) is 4.20. The molecule has 3 heteroatoms. The highest BCUT2D eigenvalue weighted by atomic mass is 31.2. The summed E-state index contributed by atoms with van der Waals surface area (Å²) in [4.78, 5) is 18.0. The Morgan fingerprint density at radius 3 is 1.38 bits per heavy atom. The quantitative estimate of drug-likeness (QED) is 0.0940. The number of hydrogen-bond donors (Lipinski definition) is 0. The highest BCUT2D eigenvalue weighted by molar-refractivity contribution is 7.97. The van der Waals surface area contributed by atoms with Crippen LogP contribution < -0.4 is 20.8 Å². The lowest BCUT2D eigenvalue weighted by atomic mass is 10.0. The summed E-state index contributed by atoms with van der Waals surface area (Å²) in [6.45, 7) is 0.633. The molecule has 0 bridgehead atoms. The molecule has 254 valence electrons. The van der Waals surface area contributed by atoms with Crippen LogP contribution in [0.3, 0.4) is 0 Å². The molecule has 0 N–H and O–H groups in total. The number of carbonyl (C=O) groups excluding carboxylic acids is 1. The molecule has 0 saturated heterocycles. The fourth-order valence-electron chi connectivity index (χ4n) is 7.07. The molecule has 0 fully saturated rings. The molecule has 0 aromatic heterocycles. The fraction of sp³-hybridized carbons (Fsp3) is 0.0612. The molecular weight excluding hydrogens is 650 g/mol. The Morgan fingerprint density at radius 2 is 0.904 bits per heavy atom. The van der Waals surface area contributed by atoms with Gasteiger partial charge in [0, 0.05) is 29.6 Å². The molecule has 0 aliphatic rings. The minimum atomic E-state index is -2.82. The van der Waals surface area contributed by atoms with Crippen molar-refractivity contribution >= 4 is 45.6 Å². The third-order valence-electron chi connectivity index (χ3n) is 9.53. The van der Waals surface area contributed by atoms with Gasteiger partial charge < -0.3 is 4.90 Å². The Hall–Kier alpha value is -5.95. The number of anilines is 1. The molecule has 0 radical (unpaired) electrons. The van der Waals surface area contributed by atoms with E-state index in [9.17, 15) is 0 Å². The van der Waals surface area contributed by atoms with Crippen molar-refractivity contribution in [3.05, 3.63) is 234 Å². The van der Waals surface area contributed by atoms with E-state index in [1.54, 1.807) is 6.08 Å². The van der Waals surface area contributed by atoms with Gasteiger partial charge in [-0.25, -0.2) is 0 Å². The van der Waals surface area contributed by atoms with Crippen molar-refractivity contribution in [1.82, 2.24) is 0 Å². The van der Waals surface area contributed by atoms with Gasteiger partial charge in [-0.05, 0) is 64.1 Å². The highest BCUT2D eigenvalue weighted by Gasteiger charge is 2.34. The average Bonchev–Trinajstić information content (AvgIpc) is 3.21. The monoisotopic (exact) mass is 691 g/mol. The number of benzene rings is 7. The largest absolute Gasteiger partial charge is 0.362 e. The summed E-state index contributed by atoms with van der Waals surface area (Å²) >= 11 is 0. The van der Waals surface area contributed by atoms with Crippen molar-refractivity contribution < 1.29 is 4.79 Å². The van der Waals surface area contributed by atoms with Crippen LogP contribution in [0.2, 0.25) is 0 Å². The Balaban J connectivity index is 1.60. The smallest absolute Gasteiger partial charge is 0.187 e. The van der Waals surface area contributed by atoms with Gasteiger partial charge in [-0.1, -0.05) is 200 Å². The van der Waals surface area contributed by atoms with Gasteiger partial charge in [0.2, 0.25) is 0 Å². The number of nitrogens with zero attached hydrogens (tertiary/aromatic N) is 1. The summed E-state index contributed by atoms with van der Waals surface area (Å²) < 4.78 is 0. The van der Waals surface area contributed by atoms with Crippen molar-refractivity contribution in [3.8, 4) is 0 Å². The molecule has 0 amide bonds. The lowest BCUT2D eigenvalue weighted by Gasteiger charge is -2.34. The maximum absolute atomic E-state index is 15.6.